The Morgan fingerprint density at radius 3 is 1.97 bits per heavy atom. The van der Waals surface area contributed by atoms with Crippen molar-refractivity contribution in [1.82, 2.24) is 9.80 Å². The molecular weight excluding hydrogens is 396 g/mol. The molecule has 0 aromatic heterocycles. The first-order valence-corrected chi connectivity index (χ1v) is 11.7. The van der Waals surface area contributed by atoms with Gasteiger partial charge in [-0.05, 0) is 35.7 Å². The van der Waals surface area contributed by atoms with Crippen LogP contribution in [0, 0.1) is 0 Å². The van der Waals surface area contributed by atoms with Crippen LogP contribution in [0.1, 0.15) is 35.6 Å². The smallest absolute Gasteiger partial charge is 0.119 e. The van der Waals surface area contributed by atoms with Gasteiger partial charge in [-0.3, -0.25) is 4.90 Å². The lowest BCUT2D eigenvalue weighted by Crippen LogP contribution is -2.47. The van der Waals surface area contributed by atoms with Crippen molar-refractivity contribution in [1.29, 1.82) is 0 Å². The van der Waals surface area contributed by atoms with Gasteiger partial charge in [0.2, 0.25) is 0 Å². The number of hydrogen-bond acceptors (Lipinski definition) is 4. The first kappa shape index (κ1) is 22.5. The molecule has 1 aliphatic heterocycles. The van der Waals surface area contributed by atoms with E-state index < -0.39 is 6.10 Å². The van der Waals surface area contributed by atoms with Gasteiger partial charge in [-0.1, -0.05) is 72.8 Å². The fourth-order valence-electron chi connectivity index (χ4n) is 4.50. The minimum atomic E-state index is -0.560. The van der Waals surface area contributed by atoms with Gasteiger partial charge in [0.15, 0.2) is 0 Å². The van der Waals surface area contributed by atoms with Crippen molar-refractivity contribution in [3.63, 3.8) is 0 Å². The Morgan fingerprint density at radius 1 is 0.750 bits per heavy atom. The summed E-state index contributed by atoms with van der Waals surface area (Å²) < 4.78 is 5.57. The summed E-state index contributed by atoms with van der Waals surface area (Å²) >= 11 is 0. The lowest BCUT2D eigenvalue weighted by atomic mass is 9.88. The van der Waals surface area contributed by atoms with Crippen LogP contribution in [0.2, 0.25) is 0 Å². The molecule has 4 heteroatoms. The molecule has 4 nitrogen and oxygen atoms in total. The molecule has 1 heterocycles. The van der Waals surface area contributed by atoms with Gasteiger partial charge in [0.05, 0.1) is 12.7 Å². The maximum absolute atomic E-state index is 11.4. The van der Waals surface area contributed by atoms with Gasteiger partial charge in [-0.15, -0.1) is 0 Å². The third kappa shape index (κ3) is 5.98. The maximum Gasteiger partial charge on any atom is 0.119 e. The second-order valence-electron chi connectivity index (χ2n) is 8.53. The minimum Gasteiger partial charge on any atom is -0.494 e. The Kier molecular flexibility index (Phi) is 7.94. The van der Waals surface area contributed by atoms with Crippen molar-refractivity contribution in [3.05, 3.63) is 102 Å². The third-order valence-electron chi connectivity index (χ3n) is 6.31. The topological polar surface area (TPSA) is 35.9 Å². The molecule has 168 valence electrons. The van der Waals surface area contributed by atoms with Crippen LogP contribution in [-0.2, 0) is 6.54 Å². The van der Waals surface area contributed by atoms with Gasteiger partial charge in [0.25, 0.3) is 0 Å². The molecule has 0 spiro atoms. The number of ether oxygens (including phenoxy) is 1. The molecule has 3 aromatic rings. The zero-order valence-electron chi connectivity index (χ0n) is 18.9. The molecule has 0 radical (unpaired) electrons. The van der Waals surface area contributed by atoms with E-state index in [-0.39, 0.29) is 5.92 Å². The predicted molar refractivity (Wildman–Crippen MR) is 130 cm³/mol. The highest BCUT2D eigenvalue weighted by Gasteiger charge is 2.27. The Bertz CT molecular complexity index is 923. The summed E-state index contributed by atoms with van der Waals surface area (Å²) in [5.41, 5.74) is 3.49. The summed E-state index contributed by atoms with van der Waals surface area (Å²) in [7, 11) is 0. The van der Waals surface area contributed by atoms with E-state index in [2.05, 4.69) is 64.4 Å². The van der Waals surface area contributed by atoms with Crippen molar-refractivity contribution in [2.24, 2.45) is 0 Å². The van der Waals surface area contributed by atoms with Gasteiger partial charge in [0.1, 0.15) is 5.75 Å². The average molecular weight is 431 g/mol. The van der Waals surface area contributed by atoms with E-state index in [1.165, 1.54) is 11.1 Å². The predicted octanol–water partition coefficient (Wildman–Crippen LogP) is 4.72. The normalized spacial score (nSPS) is 17.1. The zero-order chi connectivity index (χ0) is 22.2. The lowest BCUT2D eigenvalue weighted by Gasteiger charge is -2.37. The average Bonchev–Trinajstić information content (AvgIpc) is 2.85. The van der Waals surface area contributed by atoms with Crippen LogP contribution in [0.3, 0.4) is 0 Å². The number of aliphatic hydroxyl groups is 1. The van der Waals surface area contributed by atoms with Gasteiger partial charge < -0.3 is 14.7 Å². The zero-order valence-corrected chi connectivity index (χ0v) is 18.9. The molecule has 0 aliphatic carbocycles. The van der Waals surface area contributed by atoms with Gasteiger partial charge >= 0.3 is 0 Å². The highest BCUT2D eigenvalue weighted by molar-refractivity contribution is 5.32. The number of benzene rings is 3. The van der Waals surface area contributed by atoms with Crippen LogP contribution in [0.5, 0.6) is 5.75 Å². The van der Waals surface area contributed by atoms with Crippen molar-refractivity contribution >= 4 is 0 Å². The molecule has 0 amide bonds. The van der Waals surface area contributed by atoms with Crippen molar-refractivity contribution in [3.8, 4) is 5.75 Å². The molecule has 32 heavy (non-hydrogen) atoms. The van der Waals surface area contributed by atoms with Crippen LogP contribution in [-0.4, -0.2) is 54.2 Å². The van der Waals surface area contributed by atoms with Crippen LogP contribution in [0.25, 0.3) is 0 Å². The molecule has 1 N–H and O–H groups in total. The first-order chi connectivity index (χ1) is 15.7. The summed E-state index contributed by atoms with van der Waals surface area (Å²) in [6.45, 7) is 8.62. The number of rotatable bonds is 9. The van der Waals surface area contributed by atoms with Crippen LogP contribution in [0.4, 0.5) is 0 Å². The number of piperazine rings is 1. The SMILES string of the molecule is CCOc1ccc(C(O)C(CN2CCN(Cc3ccccc3)CC2)c2ccccc2)cc1. The van der Waals surface area contributed by atoms with Crippen molar-refractivity contribution in [2.75, 3.05) is 39.3 Å². The standard InChI is InChI=1S/C28H34N2O2/c1-2-32-26-15-13-25(14-16-26)28(31)27(24-11-7-4-8-12-24)22-30-19-17-29(18-20-30)21-23-9-5-3-6-10-23/h3-16,27-28,31H,2,17-22H2,1H3. The van der Waals surface area contributed by atoms with Crippen molar-refractivity contribution in [2.45, 2.75) is 25.5 Å². The van der Waals surface area contributed by atoms with Crippen LogP contribution in [0.15, 0.2) is 84.9 Å². The van der Waals surface area contributed by atoms with E-state index in [1.54, 1.807) is 0 Å². The largest absolute Gasteiger partial charge is 0.494 e. The number of nitrogens with zero attached hydrogens (tertiary/aromatic N) is 2. The fourth-order valence-corrected chi connectivity index (χ4v) is 4.50. The van der Waals surface area contributed by atoms with E-state index in [0.717, 1.165) is 50.6 Å². The molecular formula is C28H34N2O2. The van der Waals surface area contributed by atoms with E-state index in [1.807, 2.05) is 37.3 Å². The highest BCUT2D eigenvalue weighted by Crippen LogP contribution is 2.33. The second kappa shape index (κ2) is 11.3. The van der Waals surface area contributed by atoms with Gasteiger partial charge in [-0.2, -0.15) is 0 Å². The first-order valence-electron chi connectivity index (χ1n) is 11.7. The molecule has 1 saturated heterocycles. The van der Waals surface area contributed by atoms with E-state index in [0.29, 0.717) is 6.61 Å². The minimum absolute atomic E-state index is 0.0230. The molecule has 0 bridgehead atoms. The molecule has 1 fully saturated rings. The van der Waals surface area contributed by atoms with Crippen LogP contribution >= 0.6 is 0 Å². The molecule has 2 atom stereocenters. The van der Waals surface area contributed by atoms with E-state index >= 15 is 0 Å². The second-order valence-corrected chi connectivity index (χ2v) is 8.53. The number of aliphatic hydroxyl groups excluding tert-OH is 1. The molecule has 2 unspecified atom stereocenters. The molecule has 1 aliphatic rings. The lowest BCUT2D eigenvalue weighted by molar-refractivity contribution is 0.0833. The molecule has 0 saturated carbocycles. The monoisotopic (exact) mass is 430 g/mol. The van der Waals surface area contributed by atoms with E-state index in [4.69, 9.17) is 4.74 Å². The number of hydrogen-bond donors (Lipinski definition) is 1. The summed E-state index contributed by atoms with van der Waals surface area (Å²) in [5.74, 6) is 0.865. The summed E-state index contributed by atoms with van der Waals surface area (Å²) in [5, 5.41) is 11.4. The summed E-state index contributed by atoms with van der Waals surface area (Å²) in [4.78, 5) is 5.02. The summed E-state index contributed by atoms with van der Waals surface area (Å²) in [6.07, 6.45) is -0.560. The Labute approximate surface area is 192 Å². The van der Waals surface area contributed by atoms with Gasteiger partial charge in [-0.25, -0.2) is 0 Å². The Balaban J connectivity index is 1.41. The maximum atomic E-state index is 11.4. The summed E-state index contributed by atoms with van der Waals surface area (Å²) in [6, 6.07) is 29.0. The quantitative estimate of drug-likeness (QED) is 0.533. The molecule has 4 rings (SSSR count). The highest BCUT2D eigenvalue weighted by atomic mass is 16.5. The van der Waals surface area contributed by atoms with E-state index in [9.17, 15) is 5.11 Å². The van der Waals surface area contributed by atoms with Crippen LogP contribution < -0.4 is 4.74 Å². The van der Waals surface area contributed by atoms with Gasteiger partial charge in [0, 0.05) is 45.2 Å². The molecule has 3 aromatic carbocycles. The fraction of sp³-hybridized carbons (Fsp3) is 0.357. The third-order valence-corrected chi connectivity index (χ3v) is 6.31. The Hall–Kier alpha value is -2.66. The Morgan fingerprint density at radius 2 is 1.34 bits per heavy atom. The van der Waals surface area contributed by atoms with Crippen molar-refractivity contribution < 1.29 is 9.84 Å².